The molecule has 90 valence electrons. The third-order valence-corrected chi connectivity index (χ3v) is 6.38. The van der Waals surface area contributed by atoms with Gasteiger partial charge in [0, 0.05) is 29.0 Å². The Balaban J connectivity index is 2.04. The molecule has 0 aromatic carbocycles. The van der Waals surface area contributed by atoms with Crippen LogP contribution in [-0.4, -0.2) is 37.8 Å². The summed E-state index contributed by atoms with van der Waals surface area (Å²) in [5.74, 6) is 0.885. The Labute approximate surface area is 105 Å². The zero-order valence-electron chi connectivity index (χ0n) is 9.13. The molecule has 2 rings (SSSR count). The quantitative estimate of drug-likeness (QED) is 0.831. The summed E-state index contributed by atoms with van der Waals surface area (Å²) in [7, 11) is -3.02. The van der Waals surface area contributed by atoms with Crippen molar-refractivity contribution < 1.29 is 8.42 Å². The van der Waals surface area contributed by atoms with Crippen LogP contribution in [0.15, 0.2) is 17.5 Å². The van der Waals surface area contributed by atoms with Crippen LogP contribution in [0.5, 0.6) is 0 Å². The Morgan fingerprint density at radius 1 is 1.44 bits per heavy atom. The lowest BCUT2D eigenvalue weighted by Gasteiger charge is -2.16. The molecule has 0 saturated carbocycles. The predicted octanol–water partition coefficient (Wildman–Crippen LogP) is 2.19. The molecule has 1 aliphatic heterocycles. The normalized spacial score (nSPS) is 24.2. The predicted molar refractivity (Wildman–Crippen MR) is 70.6 cm³/mol. The van der Waals surface area contributed by atoms with Crippen LogP contribution >= 0.6 is 23.1 Å². The van der Waals surface area contributed by atoms with Gasteiger partial charge in [-0.3, -0.25) is 0 Å². The van der Waals surface area contributed by atoms with Gasteiger partial charge in [-0.1, -0.05) is 6.07 Å². The van der Waals surface area contributed by atoms with Gasteiger partial charge in [-0.05, 0) is 17.9 Å². The highest BCUT2D eigenvalue weighted by molar-refractivity contribution is 7.99. The van der Waals surface area contributed by atoms with Crippen molar-refractivity contribution in [3.63, 3.8) is 0 Å². The van der Waals surface area contributed by atoms with Crippen molar-refractivity contribution in [1.29, 1.82) is 0 Å². The van der Waals surface area contributed by atoms with Gasteiger partial charge in [-0.25, -0.2) is 12.7 Å². The molecule has 3 nitrogen and oxygen atoms in total. The number of thiophene rings is 1. The molecular formula is C10H15NO2S3. The van der Waals surface area contributed by atoms with E-state index in [0.29, 0.717) is 18.3 Å². The van der Waals surface area contributed by atoms with Crippen LogP contribution in [0.4, 0.5) is 0 Å². The van der Waals surface area contributed by atoms with Crippen LogP contribution in [0.1, 0.15) is 16.5 Å². The average molecular weight is 277 g/mol. The summed E-state index contributed by atoms with van der Waals surface area (Å²) in [6, 6.07) is 4.19. The third kappa shape index (κ3) is 3.00. The maximum atomic E-state index is 11.5. The lowest BCUT2D eigenvalue weighted by Crippen LogP contribution is -2.31. The number of rotatable bonds is 2. The van der Waals surface area contributed by atoms with E-state index in [1.54, 1.807) is 15.6 Å². The molecular weight excluding hydrogens is 262 g/mol. The zero-order valence-corrected chi connectivity index (χ0v) is 11.6. The first-order valence-corrected chi connectivity index (χ1v) is 8.95. The van der Waals surface area contributed by atoms with Gasteiger partial charge in [-0.15, -0.1) is 11.3 Å². The van der Waals surface area contributed by atoms with E-state index in [-0.39, 0.29) is 0 Å². The molecule has 0 spiro atoms. The van der Waals surface area contributed by atoms with Crippen LogP contribution in [0.2, 0.25) is 0 Å². The maximum absolute atomic E-state index is 11.5. The molecule has 1 saturated heterocycles. The van der Waals surface area contributed by atoms with E-state index < -0.39 is 10.0 Å². The highest BCUT2D eigenvalue weighted by Gasteiger charge is 2.24. The molecule has 6 heteroatoms. The Morgan fingerprint density at radius 2 is 2.25 bits per heavy atom. The number of hydrogen-bond acceptors (Lipinski definition) is 4. The topological polar surface area (TPSA) is 37.4 Å². The molecule has 1 aromatic heterocycles. The van der Waals surface area contributed by atoms with Gasteiger partial charge in [0.05, 0.1) is 6.26 Å². The third-order valence-electron chi connectivity index (χ3n) is 2.63. The number of nitrogens with zero attached hydrogens (tertiary/aromatic N) is 1. The summed E-state index contributed by atoms with van der Waals surface area (Å²) in [6.45, 7) is 1.29. The van der Waals surface area contributed by atoms with Crippen molar-refractivity contribution in [1.82, 2.24) is 4.31 Å². The molecule has 1 atom stereocenters. The van der Waals surface area contributed by atoms with Crippen LogP contribution in [0.25, 0.3) is 0 Å². The second-order valence-electron chi connectivity index (χ2n) is 3.83. The van der Waals surface area contributed by atoms with E-state index >= 15 is 0 Å². The highest BCUT2D eigenvalue weighted by atomic mass is 32.2. The van der Waals surface area contributed by atoms with Crippen molar-refractivity contribution in [2.75, 3.05) is 25.1 Å². The lowest BCUT2D eigenvalue weighted by atomic mass is 10.2. The van der Waals surface area contributed by atoms with Crippen LogP contribution in [-0.2, 0) is 10.0 Å². The summed E-state index contributed by atoms with van der Waals surface area (Å²) in [6.07, 6.45) is 2.21. The van der Waals surface area contributed by atoms with E-state index in [2.05, 4.69) is 17.5 Å². The smallest absolute Gasteiger partial charge is 0.211 e. The fourth-order valence-corrected chi connectivity index (χ4v) is 5.00. The largest absolute Gasteiger partial charge is 0.213 e. The van der Waals surface area contributed by atoms with Gasteiger partial charge in [0.2, 0.25) is 10.0 Å². The summed E-state index contributed by atoms with van der Waals surface area (Å²) in [4.78, 5) is 1.36. The molecule has 1 aliphatic rings. The average Bonchev–Trinajstić information content (AvgIpc) is 2.60. The maximum Gasteiger partial charge on any atom is 0.211 e. The minimum absolute atomic E-state index is 0.465. The minimum Gasteiger partial charge on any atom is -0.213 e. The second-order valence-corrected chi connectivity index (χ2v) is 8.10. The molecule has 0 bridgehead atoms. The molecule has 0 N–H and O–H groups in total. The summed E-state index contributed by atoms with van der Waals surface area (Å²) < 4.78 is 24.5. The monoisotopic (exact) mass is 277 g/mol. The van der Waals surface area contributed by atoms with Crippen molar-refractivity contribution in [2.45, 2.75) is 11.7 Å². The standard InChI is InChI=1S/C10H15NO2S3/c1-16(12,13)11-5-4-10(15-8-6-11)9-3-2-7-14-9/h2-3,7,10H,4-6,8H2,1H3. The molecule has 2 heterocycles. The second kappa shape index (κ2) is 5.08. The van der Waals surface area contributed by atoms with E-state index in [0.717, 1.165) is 12.2 Å². The van der Waals surface area contributed by atoms with Crippen molar-refractivity contribution >= 4 is 33.1 Å². The van der Waals surface area contributed by atoms with E-state index in [1.807, 2.05) is 11.8 Å². The van der Waals surface area contributed by atoms with Crippen LogP contribution in [0.3, 0.4) is 0 Å². The van der Waals surface area contributed by atoms with E-state index in [4.69, 9.17) is 0 Å². The van der Waals surface area contributed by atoms with Crippen molar-refractivity contribution in [2.24, 2.45) is 0 Å². The SMILES string of the molecule is CS(=O)(=O)N1CCSC(c2cccs2)CC1. The number of thioether (sulfide) groups is 1. The molecule has 1 unspecified atom stereocenters. The van der Waals surface area contributed by atoms with E-state index in [1.165, 1.54) is 11.1 Å². The summed E-state index contributed by atoms with van der Waals surface area (Å²) in [5, 5.41) is 2.54. The van der Waals surface area contributed by atoms with Gasteiger partial charge in [-0.2, -0.15) is 11.8 Å². The Hall–Kier alpha value is -0.0400. The van der Waals surface area contributed by atoms with Crippen molar-refractivity contribution in [3.8, 4) is 0 Å². The molecule has 0 radical (unpaired) electrons. The number of sulfonamides is 1. The van der Waals surface area contributed by atoms with Gasteiger partial charge in [0.15, 0.2) is 0 Å². The first kappa shape index (κ1) is 12.4. The van der Waals surface area contributed by atoms with Crippen LogP contribution < -0.4 is 0 Å². The fraction of sp³-hybridized carbons (Fsp3) is 0.600. The molecule has 1 fully saturated rings. The first-order chi connectivity index (χ1) is 7.57. The lowest BCUT2D eigenvalue weighted by molar-refractivity contribution is 0.433. The highest BCUT2D eigenvalue weighted by Crippen LogP contribution is 2.36. The summed E-state index contributed by atoms with van der Waals surface area (Å²) >= 11 is 3.62. The number of hydrogen-bond donors (Lipinski definition) is 0. The van der Waals surface area contributed by atoms with Gasteiger partial charge < -0.3 is 0 Å². The Bertz CT molecular complexity index is 427. The molecule has 0 amide bonds. The first-order valence-electron chi connectivity index (χ1n) is 5.17. The molecule has 16 heavy (non-hydrogen) atoms. The fourth-order valence-electron chi connectivity index (χ4n) is 1.78. The van der Waals surface area contributed by atoms with Gasteiger partial charge in [0.25, 0.3) is 0 Å². The molecule has 0 aliphatic carbocycles. The molecule has 1 aromatic rings. The van der Waals surface area contributed by atoms with Crippen LogP contribution in [0, 0.1) is 0 Å². The Kier molecular flexibility index (Phi) is 3.94. The van der Waals surface area contributed by atoms with E-state index in [9.17, 15) is 8.42 Å². The minimum atomic E-state index is -3.02. The van der Waals surface area contributed by atoms with Gasteiger partial charge in [0.1, 0.15) is 0 Å². The van der Waals surface area contributed by atoms with Gasteiger partial charge >= 0.3 is 0 Å². The van der Waals surface area contributed by atoms with Crippen molar-refractivity contribution in [3.05, 3.63) is 22.4 Å². The zero-order chi connectivity index (χ0) is 11.6. The Morgan fingerprint density at radius 3 is 2.88 bits per heavy atom. The summed E-state index contributed by atoms with van der Waals surface area (Å²) in [5.41, 5.74) is 0.